The summed E-state index contributed by atoms with van der Waals surface area (Å²) in [6.45, 7) is 3.55. The van der Waals surface area contributed by atoms with E-state index >= 15 is 0 Å². The maximum Gasteiger partial charge on any atom is 0.251 e. The van der Waals surface area contributed by atoms with Crippen molar-refractivity contribution in [2.45, 2.75) is 32.4 Å². The minimum atomic E-state index is -0.430. The summed E-state index contributed by atoms with van der Waals surface area (Å²) >= 11 is 3.27. The molecule has 1 aromatic carbocycles. The minimum absolute atomic E-state index is 0.0765. The van der Waals surface area contributed by atoms with E-state index in [0.717, 1.165) is 4.47 Å². The lowest BCUT2D eigenvalue weighted by Gasteiger charge is -2.15. The van der Waals surface area contributed by atoms with Crippen LogP contribution in [0, 0.1) is 0 Å². The lowest BCUT2D eigenvalue weighted by atomic mass is 10.1. The van der Waals surface area contributed by atoms with Gasteiger partial charge in [0.15, 0.2) is 0 Å². The number of hydrogen-bond acceptors (Lipinski definition) is 3. The van der Waals surface area contributed by atoms with Crippen molar-refractivity contribution in [2.24, 2.45) is 0 Å². The standard InChI is InChI=1S/C12H17BrN2O2/c1-7(5-8(2)16)15-12(17)9-3-4-10(13)11(14)6-9/h3-4,6-8,16H,5,14H2,1-2H3,(H,15,17). The molecule has 5 heteroatoms. The molecule has 4 nitrogen and oxygen atoms in total. The molecule has 0 aliphatic carbocycles. The summed E-state index contributed by atoms with van der Waals surface area (Å²) < 4.78 is 0.770. The van der Waals surface area contributed by atoms with Crippen molar-refractivity contribution in [1.82, 2.24) is 5.32 Å². The highest BCUT2D eigenvalue weighted by Crippen LogP contribution is 2.20. The number of halogens is 1. The van der Waals surface area contributed by atoms with Gasteiger partial charge in [-0.3, -0.25) is 4.79 Å². The van der Waals surface area contributed by atoms with Gasteiger partial charge in [-0.05, 0) is 54.4 Å². The van der Waals surface area contributed by atoms with E-state index in [1.165, 1.54) is 0 Å². The highest BCUT2D eigenvalue weighted by Gasteiger charge is 2.12. The smallest absolute Gasteiger partial charge is 0.251 e. The lowest BCUT2D eigenvalue weighted by Crippen LogP contribution is -2.34. The van der Waals surface area contributed by atoms with Crippen molar-refractivity contribution in [2.75, 3.05) is 5.73 Å². The van der Waals surface area contributed by atoms with Crippen LogP contribution in [0.2, 0.25) is 0 Å². The molecule has 4 N–H and O–H groups in total. The number of hydrogen-bond donors (Lipinski definition) is 3. The van der Waals surface area contributed by atoms with E-state index in [1.807, 2.05) is 6.92 Å². The SMILES string of the molecule is CC(O)CC(C)NC(=O)c1ccc(Br)c(N)c1. The molecule has 0 fully saturated rings. The summed E-state index contributed by atoms with van der Waals surface area (Å²) in [5, 5.41) is 12.0. The molecular formula is C12H17BrN2O2. The van der Waals surface area contributed by atoms with E-state index in [1.54, 1.807) is 25.1 Å². The van der Waals surface area contributed by atoms with Crippen LogP contribution in [0.25, 0.3) is 0 Å². The summed E-state index contributed by atoms with van der Waals surface area (Å²) in [6.07, 6.45) is 0.0953. The fourth-order valence-electron chi connectivity index (χ4n) is 1.56. The van der Waals surface area contributed by atoms with Crippen LogP contribution in [-0.2, 0) is 0 Å². The van der Waals surface area contributed by atoms with E-state index in [9.17, 15) is 9.90 Å². The first-order chi connectivity index (χ1) is 7.90. The first-order valence-corrected chi connectivity index (χ1v) is 6.23. The van der Waals surface area contributed by atoms with E-state index in [4.69, 9.17) is 5.73 Å². The fraction of sp³-hybridized carbons (Fsp3) is 0.417. The number of nitrogens with two attached hydrogens (primary N) is 1. The Balaban J connectivity index is 2.66. The average molecular weight is 301 g/mol. The van der Waals surface area contributed by atoms with Crippen LogP contribution >= 0.6 is 15.9 Å². The number of carbonyl (C=O) groups excluding carboxylic acids is 1. The molecule has 0 aliphatic rings. The largest absolute Gasteiger partial charge is 0.398 e. The van der Waals surface area contributed by atoms with Crippen LogP contribution in [0.3, 0.4) is 0 Å². The molecule has 0 spiro atoms. The molecule has 0 saturated heterocycles. The van der Waals surface area contributed by atoms with Crippen LogP contribution in [0.15, 0.2) is 22.7 Å². The van der Waals surface area contributed by atoms with E-state index in [-0.39, 0.29) is 11.9 Å². The van der Waals surface area contributed by atoms with Gasteiger partial charge in [0.2, 0.25) is 0 Å². The van der Waals surface area contributed by atoms with Gasteiger partial charge in [-0.15, -0.1) is 0 Å². The number of carbonyl (C=O) groups is 1. The summed E-state index contributed by atoms with van der Waals surface area (Å²) in [6, 6.07) is 4.98. The molecule has 0 aliphatic heterocycles. The van der Waals surface area contributed by atoms with Gasteiger partial charge >= 0.3 is 0 Å². The molecule has 0 saturated carbocycles. The van der Waals surface area contributed by atoms with Crippen LogP contribution < -0.4 is 11.1 Å². The zero-order valence-electron chi connectivity index (χ0n) is 9.90. The van der Waals surface area contributed by atoms with Gasteiger partial charge in [0.1, 0.15) is 0 Å². The molecule has 1 aromatic rings. The molecule has 0 radical (unpaired) electrons. The Kier molecular flexibility index (Phi) is 4.96. The van der Waals surface area contributed by atoms with Gasteiger partial charge < -0.3 is 16.2 Å². The van der Waals surface area contributed by atoms with Crippen molar-refractivity contribution in [3.05, 3.63) is 28.2 Å². The summed E-state index contributed by atoms with van der Waals surface area (Å²) in [4.78, 5) is 11.8. The monoisotopic (exact) mass is 300 g/mol. The Labute approximate surface area is 109 Å². The number of nitrogens with one attached hydrogen (secondary N) is 1. The lowest BCUT2D eigenvalue weighted by molar-refractivity contribution is 0.0923. The maximum absolute atomic E-state index is 11.8. The van der Waals surface area contributed by atoms with E-state index in [0.29, 0.717) is 17.7 Å². The van der Waals surface area contributed by atoms with Crippen LogP contribution in [0.5, 0.6) is 0 Å². The molecule has 2 unspecified atom stereocenters. The predicted molar refractivity (Wildman–Crippen MR) is 71.8 cm³/mol. The van der Waals surface area contributed by atoms with Crippen LogP contribution in [0.4, 0.5) is 5.69 Å². The number of aliphatic hydroxyl groups is 1. The molecule has 94 valence electrons. The van der Waals surface area contributed by atoms with Gasteiger partial charge in [0.25, 0.3) is 5.91 Å². The summed E-state index contributed by atoms with van der Waals surface area (Å²) in [5.74, 6) is -0.183. The Hall–Kier alpha value is -1.07. The third kappa shape index (κ3) is 4.36. The maximum atomic E-state index is 11.8. The number of nitrogen functional groups attached to an aromatic ring is 1. The molecule has 0 bridgehead atoms. The second-order valence-electron chi connectivity index (χ2n) is 4.20. The number of rotatable bonds is 4. The zero-order chi connectivity index (χ0) is 13.0. The van der Waals surface area contributed by atoms with Crippen molar-refractivity contribution in [3.8, 4) is 0 Å². The third-order valence-electron chi connectivity index (χ3n) is 2.33. The Morgan fingerprint density at radius 3 is 2.71 bits per heavy atom. The first-order valence-electron chi connectivity index (χ1n) is 5.44. The molecule has 1 rings (SSSR count). The van der Waals surface area contributed by atoms with Gasteiger partial charge in [-0.25, -0.2) is 0 Å². The second kappa shape index (κ2) is 6.02. The normalized spacial score (nSPS) is 14.1. The van der Waals surface area contributed by atoms with Crippen molar-refractivity contribution in [1.29, 1.82) is 0 Å². The molecule has 0 heterocycles. The van der Waals surface area contributed by atoms with Crippen LogP contribution in [0.1, 0.15) is 30.6 Å². The molecule has 17 heavy (non-hydrogen) atoms. The van der Waals surface area contributed by atoms with Crippen LogP contribution in [-0.4, -0.2) is 23.2 Å². The molecule has 1 amide bonds. The Bertz CT molecular complexity index is 407. The third-order valence-corrected chi connectivity index (χ3v) is 3.05. The molecule has 0 aromatic heterocycles. The highest BCUT2D eigenvalue weighted by molar-refractivity contribution is 9.10. The Morgan fingerprint density at radius 1 is 1.53 bits per heavy atom. The Morgan fingerprint density at radius 2 is 2.18 bits per heavy atom. The predicted octanol–water partition coefficient (Wildman–Crippen LogP) is 1.92. The van der Waals surface area contributed by atoms with Gasteiger partial charge in [0, 0.05) is 21.8 Å². The van der Waals surface area contributed by atoms with E-state index in [2.05, 4.69) is 21.2 Å². The molecular weight excluding hydrogens is 284 g/mol. The summed E-state index contributed by atoms with van der Waals surface area (Å²) in [7, 11) is 0. The average Bonchev–Trinajstić information content (AvgIpc) is 2.20. The van der Waals surface area contributed by atoms with Gasteiger partial charge in [-0.2, -0.15) is 0 Å². The van der Waals surface area contributed by atoms with Gasteiger partial charge in [-0.1, -0.05) is 0 Å². The van der Waals surface area contributed by atoms with Crippen molar-refractivity contribution in [3.63, 3.8) is 0 Å². The van der Waals surface area contributed by atoms with Crippen molar-refractivity contribution < 1.29 is 9.90 Å². The second-order valence-corrected chi connectivity index (χ2v) is 5.05. The highest BCUT2D eigenvalue weighted by atomic mass is 79.9. The van der Waals surface area contributed by atoms with Gasteiger partial charge in [0.05, 0.1) is 6.10 Å². The quantitative estimate of drug-likeness (QED) is 0.744. The summed E-state index contributed by atoms with van der Waals surface area (Å²) in [5.41, 5.74) is 6.75. The first kappa shape index (κ1) is 14.0. The van der Waals surface area contributed by atoms with Crippen molar-refractivity contribution >= 4 is 27.5 Å². The number of benzene rings is 1. The minimum Gasteiger partial charge on any atom is -0.398 e. The number of amides is 1. The van der Waals surface area contributed by atoms with E-state index < -0.39 is 6.10 Å². The zero-order valence-corrected chi connectivity index (χ0v) is 11.5. The fourth-order valence-corrected chi connectivity index (χ4v) is 1.81. The number of anilines is 1. The number of aliphatic hydroxyl groups excluding tert-OH is 1. The topological polar surface area (TPSA) is 75.3 Å². The molecule has 2 atom stereocenters.